The quantitative estimate of drug-likeness (QED) is 0.853. The normalized spacial score (nSPS) is 19.7. The van der Waals surface area contributed by atoms with E-state index >= 15 is 0 Å². The van der Waals surface area contributed by atoms with Crippen molar-refractivity contribution in [3.05, 3.63) is 30.6 Å². The molecule has 1 aliphatic heterocycles. The average Bonchev–Trinajstić information content (AvgIpc) is 2.79. The molecule has 1 amide bonds. The topological polar surface area (TPSA) is 66.3 Å². The van der Waals surface area contributed by atoms with Gasteiger partial charge in [0, 0.05) is 43.6 Å². The molecule has 1 saturated heterocycles. The van der Waals surface area contributed by atoms with Crippen LogP contribution in [0.2, 0.25) is 0 Å². The number of aliphatic hydroxyl groups is 1. The lowest BCUT2D eigenvalue weighted by molar-refractivity contribution is -0.117. The van der Waals surface area contributed by atoms with Crippen molar-refractivity contribution in [2.75, 3.05) is 18.1 Å². The maximum Gasteiger partial charge on any atom is 0.227 e. The fourth-order valence-electron chi connectivity index (χ4n) is 2.27. The molecule has 0 saturated carbocycles. The third kappa shape index (κ3) is 1.82. The van der Waals surface area contributed by atoms with Gasteiger partial charge in [-0.25, -0.2) is 0 Å². The van der Waals surface area contributed by atoms with Crippen LogP contribution in [0.1, 0.15) is 6.42 Å². The highest BCUT2D eigenvalue weighted by Gasteiger charge is 2.30. The van der Waals surface area contributed by atoms with E-state index in [1.54, 1.807) is 17.3 Å². The molecule has 0 spiro atoms. The van der Waals surface area contributed by atoms with Crippen LogP contribution in [0.15, 0.2) is 30.6 Å². The Balaban J connectivity index is 1.97. The lowest BCUT2D eigenvalue weighted by atomic mass is 10.1. The number of benzene rings is 1. The molecule has 1 aromatic heterocycles. The molecule has 0 radical (unpaired) electrons. The third-order valence-electron chi connectivity index (χ3n) is 3.23. The molecule has 2 heterocycles. The average molecular weight is 243 g/mol. The van der Waals surface area contributed by atoms with Gasteiger partial charge < -0.3 is 10.0 Å². The van der Waals surface area contributed by atoms with Crippen molar-refractivity contribution in [2.45, 2.75) is 6.42 Å². The number of nitrogens with zero attached hydrogens (tertiary/aromatic N) is 3. The summed E-state index contributed by atoms with van der Waals surface area (Å²) in [6, 6.07) is 5.59. The van der Waals surface area contributed by atoms with Crippen molar-refractivity contribution in [1.82, 2.24) is 9.97 Å². The van der Waals surface area contributed by atoms with Crippen LogP contribution in [-0.2, 0) is 4.79 Å². The van der Waals surface area contributed by atoms with E-state index in [1.807, 2.05) is 18.2 Å². The Morgan fingerprint density at radius 3 is 2.78 bits per heavy atom. The van der Waals surface area contributed by atoms with E-state index in [0.717, 1.165) is 16.7 Å². The number of amides is 1. The number of aliphatic hydroxyl groups excluding tert-OH is 1. The van der Waals surface area contributed by atoms with E-state index < -0.39 is 0 Å². The second-order valence-corrected chi connectivity index (χ2v) is 4.49. The second kappa shape index (κ2) is 4.34. The van der Waals surface area contributed by atoms with Gasteiger partial charge in [-0.3, -0.25) is 14.8 Å². The molecule has 5 heteroatoms. The van der Waals surface area contributed by atoms with Crippen LogP contribution in [-0.4, -0.2) is 34.1 Å². The molecule has 1 unspecified atom stereocenters. The summed E-state index contributed by atoms with van der Waals surface area (Å²) in [5.41, 5.74) is 2.41. The van der Waals surface area contributed by atoms with Crippen LogP contribution in [0.3, 0.4) is 0 Å². The number of carbonyl (C=O) groups excluding carboxylic acids is 1. The number of aromatic nitrogens is 2. The molecule has 1 N–H and O–H groups in total. The highest BCUT2D eigenvalue weighted by atomic mass is 16.3. The van der Waals surface area contributed by atoms with Crippen LogP contribution < -0.4 is 4.90 Å². The van der Waals surface area contributed by atoms with Gasteiger partial charge in [-0.15, -0.1) is 0 Å². The SMILES string of the molecule is O=C1CC(CO)CN1c1ccc2nccnc2c1. The summed E-state index contributed by atoms with van der Waals surface area (Å²) in [6.07, 6.45) is 3.69. The first-order valence-corrected chi connectivity index (χ1v) is 5.90. The van der Waals surface area contributed by atoms with Crippen LogP contribution in [0.5, 0.6) is 0 Å². The largest absolute Gasteiger partial charge is 0.396 e. The molecule has 3 rings (SSSR count). The first-order chi connectivity index (χ1) is 8.78. The molecule has 1 fully saturated rings. The monoisotopic (exact) mass is 243 g/mol. The first kappa shape index (κ1) is 11.1. The van der Waals surface area contributed by atoms with E-state index in [-0.39, 0.29) is 18.4 Å². The molecule has 0 aliphatic carbocycles. The summed E-state index contributed by atoms with van der Waals surface area (Å²) in [5.74, 6) is 0.0901. The molecule has 1 atom stereocenters. The molecular formula is C13H13N3O2. The van der Waals surface area contributed by atoms with Crippen LogP contribution in [0.25, 0.3) is 11.0 Å². The third-order valence-corrected chi connectivity index (χ3v) is 3.23. The Kier molecular flexibility index (Phi) is 2.68. The van der Waals surface area contributed by atoms with Gasteiger partial charge in [0.05, 0.1) is 11.0 Å². The smallest absolute Gasteiger partial charge is 0.227 e. The standard InChI is InChI=1S/C13H13N3O2/c17-8-9-5-13(18)16(7-9)10-1-2-11-12(6-10)15-4-3-14-11/h1-4,6,9,17H,5,7-8H2. The second-order valence-electron chi connectivity index (χ2n) is 4.49. The van der Waals surface area contributed by atoms with Gasteiger partial charge in [-0.2, -0.15) is 0 Å². The fourth-order valence-corrected chi connectivity index (χ4v) is 2.27. The highest BCUT2D eigenvalue weighted by molar-refractivity contribution is 5.97. The van der Waals surface area contributed by atoms with Gasteiger partial charge in [0.2, 0.25) is 5.91 Å². The summed E-state index contributed by atoms with van der Waals surface area (Å²) in [5, 5.41) is 9.12. The Labute approximate surface area is 104 Å². The minimum absolute atomic E-state index is 0.0371. The predicted molar refractivity (Wildman–Crippen MR) is 67.1 cm³/mol. The fraction of sp³-hybridized carbons (Fsp3) is 0.308. The van der Waals surface area contributed by atoms with Crippen molar-refractivity contribution in [1.29, 1.82) is 0 Å². The van der Waals surface area contributed by atoms with Gasteiger partial charge in [-0.05, 0) is 18.2 Å². The number of hydrogen-bond acceptors (Lipinski definition) is 4. The van der Waals surface area contributed by atoms with Crippen LogP contribution in [0.4, 0.5) is 5.69 Å². The predicted octanol–water partition coefficient (Wildman–Crippen LogP) is 0.975. The summed E-state index contributed by atoms with van der Waals surface area (Å²) in [7, 11) is 0. The van der Waals surface area contributed by atoms with E-state index in [2.05, 4.69) is 9.97 Å². The summed E-state index contributed by atoms with van der Waals surface area (Å²) in [4.78, 5) is 22.0. The Hall–Kier alpha value is -2.01. The lowest BCUT2D eigenvalue weighted by Gasteiger charge is -2.16. The molecule has 92 valence electrons. The number of rotatable bonds is 2. The lowest BCUT2D eigenvalue weighted by Crippen LogP contribution is -2.24. The summed E-state index contributed by atoms with van der Waals surface area (Å²) < 4.78 is 0. The molecule has 1 aliphatic rings. The van der Waals surface area contributed by atoms with E-state index in [9.17, 15) is 4.79 Å². The molecule has 18 heavy (non-hydrogen) atoms. The molecule has 1 aromatic carbocycles. The van der Waals surface area contributed by atoms with Crippen LogP contribution >= 0.6 is 0 Å². The van der Waals surface area contributed by atoms with Crippen molar-refractivity contribution in [2.24, 2.45) is 5.92 Å². The van der Waals surface area contributed by atoms with E-state index in [4.69, 9.17) is 5.11 Å². The van der Waals surface area contributed by atoms with E-state index in [0.29, 0.717) is 13.0 Å². The maximum atomic E-state index is 11.9. The van der Waals surface area contributed by atoms with E-state index in [1.165, 1.54) is 0 Å². The number of anilines is 1. The Morgan fingerprint density at radius 1 is 1.28 bits per heavy atom. The minimum atomic E-state index is 0.0371. The first-order valence-electron chi connectivity index (χ1n) is 5.90. The number of carbonyl (C=O) groups is 1. The molecule has 0 bridgehead atoms. The number of hydrogen-bond donors (Lipinski definition) is 1. The summed E-state index contributed by atoms with van der Waals surface area (Å²) in [6.45, 7) is 0.622. The van der Waals surface area contributed by atoms with Crippen molar-refractivity contribution < 1.29 is 9.90 Å². The molecule has 2 aromatic rings. The number of fused-ring (bicyclic) bond motifs is 1. The van der Waals surface area contributed by atoms with Gasteiger partial charge in [-0.1, -0.05) is 0 Å². The minimum Gasteiger partial charge on any atom is -0.396 e. The summed E-state index contributed by atoms with van der Waals surface area (Å²) >= 11 is 0. The molecular weight excluding hydrogens is 230 g/mol. The zero-order chi connectivity index (χ0) is 12.5. The zero-order valence-corrected chi connectivity index (χ0v) is 9.78. The Morgan fingerprint density at radius 2 is 2.06 bits per heavy atom. The van der Waals surface area contributed by atoms with Gasteiger partial charge >= 0.3 is 0 Å². The Bertz CT molecular complexity index is 600. The van der Waals surface area contributed by atoms with Crippen molar-refractivity contribution in [3.8, 4) is 0 Å². The van der Waals surface area contributed by atoms with Crippen molar-refractivity contribution in [3.63, 3.8) is 0 Å². The van der Waals surface area contributed by atoms with Gasteiger partial charge in [0.25, 0.3) is 0 Å². The maximum absolute atomic E-state index is 11.9. The van der Waals surface area contributed by atoms with Crippen LogP contribution in [0, 0.1) is 5.92 Å². The van der Waals surface area contributed by atoms with Crippen molar-refractivity contribution >= 4 is 22.6 Å². The molecule has 5 nitrogen and oxygen atoms in total. The highest BCUT2D eigenvalue weighted by Crippen LogP contribution is 2.26. The van der Waals surface area contributed by atoms with Gasteiger partial charge in [0.1, 0.15) is 0 Å². The van der Waals surface area contributed by atoms with Gasteiger partial charge in [0.15, 0.2) is 0 Å². The zero-order valence-electron chi connectivity index (χ0n) is 9.78.